The van der Waals surface area contributed by atoms with Crippen LogP contribution < -0.4 is 5.32 Å². The number of amides is 1. The Morgan fingerprint density at radius 2 is 1.72 bits per heavy atom. The number of nitrogens with zero attached hydrogens (tertiary/aromatic N) is 4. The molecule has 29 heavy (non-hydrogen) atoms. The SMILES string of the molecule is [C-]#[N+]/C=C/C(=O)c1cccc(C(=O)NCCOCCOCCOCCN=[N+]=[N-])c1. The number of hydrogen-bond acceptors (Lipinski definition) is 6. The number of benzene rings is 1. The number of carbonyl (C=O) groups excluding carboxylic acids is 2. The van der Waals surface area contributed by atoms with Gasteiger partial charge in [-0.05, 0) is 23.7 Å². The van der Waals surface area contributed by atoms with E-state index in [2.05, 4.69) is 20.2 Å². The molecular formula is C19H23N5O5. The lowest BCUT2D eigenvalue weighted by atomic mass is 10.1. The van der Waals surface area contributed by atoms with Crippen LogP contribution in [0.25, 0.3) is 15.3 Å². The van der Waals surface area contributed by atoms with E-state index in [0.717, 1.165) is 12.3 Å². The number of carbonyl (C=O) groups is 2. The van der Waals surface area contributed by atoms with E-state index in [-0.39, 0.29) is 11.7 Å². The molecule has 0 aliphatic rings. The van der Waals surface area contributed by atoms with E-state index in [0.29, 0.717) is 63.9 Å². The van der Waals surface area contributed by atoms with Crippen molar-refractivity contribution < 1.29 is 23.8 Å². The Bertz CT molecular complexity index is 768. The first-order valence-electron chi connectivity index (χ1n) is 8.89. The average molecular weight is 401 g/mol. The smallest absolute Gasteiger partial charge is 0.251 e. The second kappa shape index (κ2) is 15.8. The summed E-state index contributed by atoms with van der Waals surface area (Å²) in [7, 11) is 0. The topological polar surface area (TPSA) is 127 Å². The molecule has 10 heteroatoms. The highest BCUT2D eigenvalue weighted by Gasteiger charge is 2.08. The van der Waals surface area contributed by atoms with Crippen LogP contribution in [0.1, 0.15) is 20.7 Å². The number of allylic oxidation sites excluding steroid dienone is 1. The molecule has 10 nitrogen and oxygen atoms in total. The summed E-state index contributed by atoms with van der Waals surface area (Å²) in [6, 6.07) is 6.29. The molecule has 1 aromatic rings. The van der Waals surface area contributed by atoms with E-state index in [1.807, 2.05) is 0 Å². The molecule has 1 aromatic carbocycles. The highest BCUT2D eigenvalue weighted by atomic mass is 16.5. The number of ether oxygens (including phenoxy) is 3. The summed E-state index contributed by atoms with van der Waals surface area (Å²) in [6.45, 7) is 9.55. The molecule has 1 amide bonds. The zero-order chi connectivity index (χ0) is 21.2. The van der Waals surface area contributed by atoms with Gasteiger partial charge in [-0.1, -0.05) is 17.2 Å². The molecule has 0 aromatic heterocycles. The molecular weight excluding hydrogens is 378 g/mol. The summed E-state index contributed by atoms with van der Waals surface area (Å²) >= 11 is 0. The molecule has 1 N–H and O–H groups in total. The Hall–Kier alpha value is -3.22. The van der Waals surface area contributed by atoms with Crippen molar-refractivity contribution in [3.05, 3.63) is 69.5 Å². The fraction of sp³-hybridized carbons (Fsp3) is 0.421. The second-order valence-electron chi connectivity index (χ2n) is 5.44. The Morgan fingerprint density at radius 3 is 2.41 bits per heavy atom. The van der Waals surface area contributed by atoms with Crippen molar-refractivity contribution in [1.82, 2.24) is 5.32 Å². The third kappa shape index (κ3) is 11.3. The van der Waals surface area contributed by atoms with Gasteiger partial charge in [-0.2, -0.15) is 0 Å². The molecule has 0 atom stereocenters. The fourth-order valence-corrected chi connectivity index (χ4v) is 2.05. The lowest BCUT2D eigenvalue weighted by molar-refractivity contribution is 0.0166. The van der Waals surface area contributed by atoms with Gasteiger partial charge in [0.1, 0.15) is 0 Å². The fourth-order valence-electron chi connectivity index (χ4n) is 2.05. The minimum atomic E-state index is -0.333. The van der Waals surface area contributed by atoms with Gasteiger partial charge >= 0.3 is 0 Å². The van der Waals surface area contributed by atoms with Crippen LogP contribution in [-0.4, -0.2) is 64.4 Å². The molecule has 0 spiro atoms. The maximum absolute atomic E-state index is 12.1. The molecule has 0 unspecified atom stereocenters. The average Bonchev–Trinajstić information content (AvgIpc) is 2.75. The van der Waals surface area contributed by atoms with Crippen LogP contribution in [0.15, 0.2) is 41.7 Å². The van der Waals surface area contributed by atoms with Gasteiger partial charge in [0, 0.05) is 29.1 Å². The van der Waals surface area contributed by atoms with Gasteiger partial charge in [-0.15, -0.1) is 0 Å². The van der Waals surface area contributed by atoms with Gasteiger partial charge in [0.05, 0.1) is 46.2 Å². The summed E-state index contributed by atoms with van der Waals surface area (Å²) < 4.78 is 15.8. The van der Waals surface area contributed by atoms with Gasteiger partial charge in [-0.25, -0.2) is 4.85 Å². The predicted molar refractivity (Wildman–Crippen MR) is 105 cm³/mol. The molecule has 0 heterocycles. The monoisotopic (exact) mass is 401 g/mol. The number of ketones is 1. The zero-order valence-electron chi connectivity index (χ0n) is 16.0. The van der Waals surface area contributed by atoms with Gasteiger partial charge in [-0.3, -0.25) is 9.59 Å². The van der Waals surface area contributed by atoms with E-state index in [1.54, 1.807) is 18.2 Å². The highest BCUT2D eigenvalue weighted by molar-refractivity contribution is 6.06. The lowest BCUT2D eigenvalue weighted by Crippen LogP contribution is -2.27. The largest absolute Gasteiger partial charge is 0.379 e. The molecule has 0 aliphatic carbocycles. The number of azide groups is 1. The first-order chi connectivity index (χ1) is 14.2. The summed E-state index contributed by atoms with van der Waals surface area (Å²) in [5.74, 6) is -0.647. The summed E-state index contributed by atoms with van der Waals surface area (Å²) in [5, 5.41) is 6.05. The van der Waals surface area contributed by atoms with Gasteiger partial charge in [0.2, 0.25) is 0 Å². The Labute approximate surface area is 168 Å². The van der Waals surface area contributed by atoms with Crippen LogP contribution in [0, 0.1) is 6.57 Å². The van der Waals surface area contributed by atoms with E-state index in [9.17, 15) is 9.59 Å². The number of rotatable bonds is 15. The molecule has 0 saturated heterocycles. The molecule has 1 rings (SSSR count). The summed E-state index contributed by atoms with van der Waals surface area (Å²) in [4.78, 5) is 29.6. The van der Waals surface area contributed by atoms with E-state index < -0.39 is 0 Å². The predicted octanol–water partition coefficient (Wildman–Crippen LogP) is 2.39. The lowest BCUT2D eigenvalue weighted by Gasteiger charge is -2.08. The Kier molecular flexibility index (Phi) is 13.0. The third-order valence-corrected chi connectivity index (χ3v) is 3.38. The molecule has 0 aliphatic heterocycles. The molecule has 0 fully saturated rings. The minimum Gasteiger partial charge on any atom is -0.379 e. The standard InChI is InChI=1S/C19H23N5O5/c1-21-6-5-18(25)16-3-2-4-17(15-16)19(26)22-7-9-27-11-13-29-14-12-28-10-8-23-24-20/h2-6,15H,7-14H2,(H,22,26)/b6-5+. The first kappa shape index (κ1) is 23.8. The van der Waals surface area contributed by atoms with Gasteiger partial charge in [0.15, 0.2) is 12.0 Å². The van der Waals surface area contributed by atoms with Crippen LogP contribution in [0.3, 0.4) is 0 Å². The number of nitrogens with one attached hydrogen (secondary N) is 1. The maximum atomic E-state index is 12.1. The third-order valence-electron chi connectivity index (χ3n) is 3.38. The molecule has 0 bridgehead atoms. The summed E-state index contributed by atoms with van der Waals surface area (Å²) in [6.07, 6.45) is 2.24. The van der Waals surface area contributed by atoms with E-state index in [4.69, 9.17) is 26.3 Å². The van der Waals surface area contributed by atoms with Crippen LogP contribution >= 0.6 is 0 Å². The molecule has 0 radical (unpaired) electrons. The van der Waals surface area contributed by atoms with Gasteiger partial charge in [0.25, 0.3) is 5.91 Å². The molecule has 154 valence electrons. The number of hydrogen-bond donors (Lipinski definition) is 1. The van der Waals surface area contributed by atoms with Crippen molar-refractivity contribution in [2.45, 2.75) is 0 Å². The van der Waals surface area contributed by atoms with Crippen LogP contribution in [0.2, 0.25) is 0 Å². The normalized spacial score (nSPS) is 10.3. The van der Waals surface area contributed by atoms with Crippen LogP contribution in [0.5, 0.6) is 0 Å². The Balaban J connectivity index is 2.12. The first-order valence-corrected chi connectivity index (χ1v) is 8.89. The van der Waals surface area contributed by atoms with E-state index >= 15 is 0 Å². The van der Waals surface area contributed by atoms with E-state index in [1.165, 1.54) is 6.07 Å². The second-order valence-corrected chi connectivity index (χ2v) is 5.44. The van der Waals surface area contributed by atoms with Crippen molar-refractivity contribution in [2.75, 3.05) is 52.7 Å². The van der Waals surface area contributed by atoms with Crippen molar-refractivity contribution in [2.24, 2.45) is 5.11 Å². The highest BCUT2D eigenvalue weighted by Crippen LogP contribution is 2.07. The quantitative estimate of drug-likeness (QED) is 0.0918. The minimum absolute atomic E-state index is 0.297. The van der Waals surface area contributed by atoms with Crippen molar-refractivity contribution in [3.63, 3.8) is 0 Å². The maximum Gasteiger partial charge on any atom is 0.251 e. The van der Waals surface area contributed by atoms with Crippen molar-refractivity contribution >= 4 is 11.7 Å². The Morgan fingerprint density at radius 1 is 1.07 bits per heavy atom. The zero-order valence-corrected chi connectivity index (χ0v) is 16.0. The summed E-state index contributed by atoms with van der Waals surface area (Å²) in [5.41, 5.74) is 8.79. The van der Waals surface area contributed by atoms with Crippen LogP contribution in [0.4, 0.5) is 0 Å². The molecule has 0 saturated carbocycles. The van der Waals surface area contributed by atoms with Crippen LogP contribution in [-0.2, 0) is 14.2 Å². The van der Waals surface area contributed by atoms with Gasteiger partial charge < -0.3 is 19.5 Å². The van der Waals surface area contributed by atoms with Crippen molar-refractivity contribution in [3.8, 4) is 0 Å². The van der Waals surface area contributed by atoms with Crippen molar-refractivity contribution in [1.29, 1.82) is 0 Å².